The number of carbonyl (C=O) groups excluding carboxylic acids is 1. The van der Waals surface area contributed by atoms with E-state index in [1.807, 2.05) is 0 Å². The molecule has 1 aromatic rings. The number of para-hydroxylation sites is 1. The Balaban J connectivity index is 2.38. The Morgan fingerprint density at radius 3 is 3.00 bits per heavy atom. The normalized spacial score (nSPS) is 18.9. The molecule has 20 heavy (non-hydrogen) atoms. The first-order valence-electron chi connectivity index (χ1n) is 6.08. The van der Waals surface area contributed by atoms with Gasteiger partial charge in [-0.05, 0) is 12.1 Å². The van der Waals surface area contributed by atoms with Crippen molar-refractivity contribution in [3.05, 3.63) is 33.9 Å². The standard InChI is InChI=1S/C12H15N3O5/c13-10-3-1-2-9(11(10)15(18)19)12(17)14-4-5-20-7-8(14)6-16/h1-3,8,16H,4-7,13H2. The van der Waals surface area contributed by atoms with Gasteiger partial charge in [-0.1, -0.05) is 6.07 Å². The van der Waals surface area contributed by atoms with Crippen LogP contribution >= 0.6 is 0 Å². The van der Waals surface area contributed by atoms with Gasteiger partial charge in [-0.25, -0.2) is 0 Å². The van der Waals surface area contributed by atoms with Crippen molar-refractivity contribution >= 4 is 17.3 Å². The van der Waals surface area contributed by atoms with Crippen molar-refractivity contribution in [1.29, 1.82) is 0 Å². The Kier molecular flexibility index (Phi) is 4.16. The van der Waals surface area contributed by atoms with Gasteiger partial charge in [0.25, 0.3) is 5.91 Å². The molecule has 3 N–H and O–H groups in total. The van der Waals surface area contributed by atoms with Crippen LogP contribution < -0.4 is 5.73 Å². The number of benzene rings is 1. The van der Waals surface area contributed by atoms with Crippen molar-refractivity contribution in [3.63, 3.8) is 0 Å². The largest absolute Gasteiger partial charge is 0.394 e. The number of hydrogen-bond acceptors (Lipinski definition) is 6. The third-order valence-corrected chi connectivity index (χ3v) is 3.18. The fourth-order valence-electron chi connectivity index (χ4n) is 2.17. The molecule has 0 aromatic heterocycles. The number of carbonyl (C=O) groups is 1. The number of nitrogens with two attached hydrogens (primary N) is 1. The smallest absolute Gasteiger partial charge is 0.304 e. The second kappa shape index (κ2) is 5.85. The first kappa shape index (κ1) is 14.2. The van der Waals surface area contributed by atoms with Gasteiger partial charge in [0.05, 0.1) is 30.8 Å². The lowest BCUT2D eigenvalue weighted by Crippen LogP contribution is -2.50. The predicted molar refractivity (Wildman–Crippen MR) is 70.2 cm³/mol. The highest BCUT2D eigenvalue weighted by molar-refractivity contribution is 6.00. The summed E-state index contributed by atoms with van der Waals surface area (Å²) in [6.07, 6.45) is 0. The van der Waals surface area contributed by atoms with E-state index in [-0.39, 0.29) is 31.0 Å². The monoisotopic (exact) mass is 281 g/mol. The minimum absolute atomic E-state index is 0.0605. The SMILES string of the molecule is Nc1cccc(C(=O)N2CCOCC2CO)c1[N+](=O)[O-]. The maximum Gasteiger partial charge on any atom is 0.304 e. The zero-order chi connectivity index (χ0) is 14.7. The highest BCUT2D eigenvalue weighted by Gasteiger charge is 2.32. The maximum absolute atomic E-state index is 12.4. The average Bonchev–Trinajstić information content (AvgIpc) is 2.45. The first-order chi connectivity index (χ1) is 9.56. The van der Waals surface area contributed by atoms with E-state index in [4.69, 9.17) is 10.5 Å². The molecule has 1 aliphatic heterocycles. The summed E-state index contributed by atoms with van der Waals surface area (Å²) in [5.74, 6) is -0.522. The molecule has 1 aromatic carbocycles. The van der Waals surface area contributed by atoms with Gasteiger partial charge >= 0.3 is 5.69 Å². The fraction of sp³-hybridized carbons (Fsp3) is 0.417. The highest BCUT2D eigenvalue weighted by Crippen LogP contribution is 2.27. The summed E-state index contributed by atoms with van der Waals surface area (Å²) >= 11 is 0. The van der Waals surface area contributed by atoms with E-state index >= 15 is 0 Å². The lowest BCUT2D eigenvalue weighted by molar-refractivity contribution is -0.384. The van der Waals surface area contributed by atoms with Crippen molar-refractivity contribution < 1.29 is 19.6 Å². The summed E-state index contributed by atoms with van der Waals surface area (Å²) in [5.41, 5.74) is 5.03. The van der Waals surface area contributed by atoms with Crippen LogP contribution in [0, 0.1) is 10.1 Å². The molecule has 1 aliphatic rings. The molecule has 1 atom stereocenters. The van der Waals surface area contributed by atoms with Gasteiger partial charge in [0.15, 0.2) is 0 Å². The van der Waals surface area contributed by atoms with Crippen LogP contribution in [0.4, 0.5) is 11.4 Å². The summed E-state index contributed by atoms with van der Waals surface area (Å²) in [5, 5.41) is 20.3. The number of nitrogens with zero attached hydrogens (tertiary/aromatic N) is 2. The van der Waals surface area contributed by atoms with Crippen molar-refractivity contribution in [2.45, 2.75) is 6.04 Å². The van der Waals surface area contributed by atoms with Gasteiger partial charge in [0.2, 0.25) is 0 Å². The molecule has 1 amide bonds. The number of nitrogen functional groups attached to an aromatic ring is 1. The van der Waals surface area contributed by atoms with Crippen LogP contribution in [-0.2, 0) is 4.74 Å². The minimum Gasteiger partial charge on any atom is -0.394 e. The van der Waals surface area contributed by atoms with Crippen LogP contribution in [0.15, 0.2) is 18.2 Å². The molecule has 1 fully saturated rings. The molecule has 1 heterocycles. The molecule has 0 spiro atoms. The van der Waals surface area contributed by atoms with Gasteiger partial charge in [0.1, 0.15) is 11.3 Å². The van der Waals surface area contributed by atoms with E-state index in [9.17, 15) is 20.0 Å². The van der Waals surface area contributed by atoms with Gasteiger partial charge in [0, 0.05) is 6.54 Å². The lowest BCUT2D eigenvalue weighted by Gasteiger charge is -2.34. The fourth-order valence-corrected chi connectivity index (χ4v) is 2.17. The van der Waals surface area contributed by atoms with E-state index < -0.39 is 22.6 Å². The van der Waals surface area contributed by atoms with Crippen molar-refractivity contribution in [2.24, 2.45) is 0 Å². The Hall–Kier alpha value is -2.19. The molecular formula is C12H15N3O5. The van der Waals surface area contributed by atoms with Crippen molar-refractivity contribution in [2.75, 3.05) is 32.1 Å². The van der Waals surface area contributed by atoms with E-state index in [0.29, 0.717) is 6.61 Å². The molecule has 8 heteroatoms. The number of anilines is 1. The first-order valence-corrected chi connectivity index (χ1v) is 6.08. The lowest BCUT2D eigenvalue weighted by atomic mass is 10.1. The van der Waals surface area contributed by atoms with E-state index in [2.05, 4.69) is 0 Å². The van der Waals surface area contributed by atoms with E-state index in [1.165, 1.54) is 23.1 Å². The Morgan fingerprint density at radius 2 is 2.35 bits per heavy atom. The van der Waals surface area contributed by atoms with Crippen molar-refractivity contribution in [1.82, 2.24) is 4.90 Å². The van der Waals surface area contributed by atoms with E-state index in [1.54, 1.807) is 0 Å². The number of nitro groups is 1. The Bertz CT molecular complexity index is 534. The summed E-state index contributed by atoms with van der Waals surface area (Å²) in [4.78, 5) is 24.2. The van der Waals surface area contributed by atoms with Crippen molar-refractivity contribution in [3.8, 4) is 0 Å². The van der Waals surface area contributed by atoms with Crippen LogP contribution in [0.5, 0.6) is 0 Å². The molecule has 0 aliphatic carbocycles. The molecule has 1 saturated heterocycles. The summed E-state index contributed by atoms with van der Waals surface area (Å²) < 4.78 is 5.18. The Morgan fingerprint density at radius 1 is 1.60 bits per heavy atom. The predicted octanol–water partition coefficient (Wildman–Crippen LogP) is 0.0103. The summed E-state index contributed by atoms with van der Waals surface area (Å²) in [7, 11) is 0. The van der Waals surface area contributed by atoms with Crippen LogP contribution in [0.25, 0.3) is 0 Å². The summed E-state index contributed by atoms with van der Waals surface area (Å²) in [6, 6.07) is 3.72. The van der Waals surface area contributed by atoms with Gasteiger partial charge in [-0.2, -0.15) is 0 Å². The number of amides is 1. The molecule has 0 bridgehead atoms. The maximum atomic E-state index is 12.4. The second-order valence-corrected chi connectivity index (χ2v) is 4.41. The average molecular weight is 281 g/mol. The number of hydrogen-bond donors (Lipinski definition) is 2. The molecule has 2 rings (SSSR count). The van der Waals surface area contributed by atoms with Crippen LogP contribution in [0.1, 0.15) is 10.4 Å². The molecule has 1 unspecified atom stereocenters. The number of aliphatic hydroxyl groups is 1. The molecule has 0 saturated carbocycles. The van der Waals surface area contributed by atoms with Crippen LogP contribution in [0.3, 0.4) is 0 Å². The number of nitro benzene ring substituents is 1. The molecule has 8 nitrogen and oxygen atoms in total. The van der Waals surface area contributed by atoms with Gasteiger partial charge < -0.3 is 20.5 Å². The van der Waals surface area contributed by atoms with Crippen LogP contribution in [-0.4, -0.2) is 53.2 Å². The number of ether oxygens (including phenoxy) is 1. The topological polar surface area (TPSA) is 119 Å². The second-order valence-electron chi connectivity index (χ2n) is 4.41. The van der Waals surface area contributed by atoms with Gasteiger partial charge in [-0.3, -0.25) is 14.9 Å². The third-order valence-electron chi connectivity index (χ3n) is 3.18. The quantitative estimate of drug-likeness (QED) is 0.457. The molecule has 108 valence electrons. The van der Waals surface area contributed by atoms with Crippen LogP contribution in [0.2, 0.25) is 0 Å². The molecular weight excluding hydrogens is 266 g/mol. The number of rotatable bonds is 3. The third kappa shape index (κ3) is 2.56. The minimum atomic E-state index is -0.670. The Labute approximate surface area is 114 Å². The zero-order valence-corrected chi connectivity index (χ0v) is 10.7. The van der Waals surface area contributed by atoms with Gasteiger partial charge in [-0.15, -0.1) is 0 Å². The van der Waals surface area contributed by atoms with E-state index in [0.717, 1.165) is 0 Å². The molecule has 0 radical (unpaired) electrons. The zero-order valence-electron chi connectivity index (χ0n) is 10.7. The highest BCUT2D eigenvalue weighted by atomic mass is 16.6. The number of morpholine rings is 1. The number of aliphatic hydroxyl groups excluding tert-OH is 1. The summed E-state index contributed by atoms with van der Waals surface area (Å²) in [6.45, 7) is 0.550.